The maximum Gasteiger partial charge on any atom is 0.173 e. The van der Waals surface area contributed by atoms with E-state index in [9.17, 15) is 0 Å². The molecule has 6 heteroatoms. The Morgan fingerprint density at radius 3 is 2.85 bits per heavy atom. The Balaban J connectivity index is 1.82. The Morgan fingerprint density at radius 2 is 2.10 bits per heavy atom. The molecule has 0 saturated carbocycles. The van der Waals surface area contributed by atoms with Crippen LogP contribution in [-0.2, 0) is 6.42 Å². The van der Waals surface area contributed by atoms with Gasteiger partial charge in [0, 0.05) is 6.54 Å². The fourth-order valence-corrected chi connectivity index (χ4v) is 2.09. The van der Waals surface area contributed by atoms with Gasteiger partial charge in [0.2, 0.25) is 0 Å². The SMILES string of the molecule is Cc1ccccc1CCNC(=S)Nc1nnccc1Cl. The normalized spacial score (nSPS) is 10.1. The Bertz CT molecular complexity index is 603. The molecule has 0 aliphatic rings. The average molecular weight is 307 g/mol. The predicted molar refractivity (Wildman–Crippen MR) is 86.1 cm³/mol. The zero-order valence-electron chi connectivity index (χ0n) is 11.1. The minimum Gasteiger partial charge on any atom is -0.362 e. The van der Waals surface area contributed by atoms with Gasteiger partial charge in [-0.2, -0.15) is 5.10 Å². The average Bonchev–Trinajstić information content (AvgIpc) is 2.43. The molecular formula is C14H15ClN4S. The van der Waals surface area contributed by atoms with Crippen LogP contribution in [0.25, 0.3) is 0 Å². The monoisotopic (exact) mass is 306 g/mol. The van der Waals surface area contributed by atoms with Gasteiger partial charge in [-0.15, -0.1) is 5.10 Å². The highest BCUT2D eigenvalue weighted by molar-refractivity contribution is 7.80. The lowest BCUT2D eigenvalue weighted by molar-refractivity contribution is 0.866. The molecule has 2 rings (SSSR count). The zero-order valence-corrected chi connectivity index (χ0v) is 12.6. The van der Waals surface area contributed by atoms with Gasteiger partial charge < -0.3 is 10.6 Å². The van der Waals surface area contributed by atoms with Crippen LogP contribution in [0.1, 0.15) is 11.1 Å². The molecule has 0 unspecified atom stereocenters. The van der Waals surface area contributed by atoms with Gasteiger partial charge in [-0.05, 0) is 42.8 Å². The van der Waals surface area contributed by atoms with Crippen LogP contribution in [0.5, 0.6) is 0 Å². The van der Waals surface area contributed by atoms with E-state index in [1.807, 2.05) is 12.1 Å². The molecule has 0 aliphatic heterocycles. The summed E-state index contributed by atoms with van der Waals surface area (Å²) in [6.45, 7) is 2.85. The van der Waals surface area contributed by atoms with E-state index < -0.39 is 0 Å². The van der Waals surface area contributed by atoms with Crippen molar-refractivity contribution in [1.29, 1.82) is 0 Å². The second kappa shape index (κ2) is 7.17. The summed E-state index contributed by atoms with van der Waals surface area (Å²) in [5.41, 5.74) is 2.59. The number of halogens is 1. The maximum atomic E-state index is 5.97. The highest BCUT2D eigenvalue weighted by Crippen LogP contribution is 2.15. The van der Waals surface area contributed by atoms with Gasteiger partial charge in [0.05, 0.1) is 11.2 Å². The van der Waals surface area contributed by atoms with Gasteiger partial charge in [0.25, 0.3) is 0 Å². The lowest BCUT2D eigenvalue weighted by Crippen LogP contribution is -2.30. The zero-order chi connectivity index (χ0) is 14.4. The minimum absolute atomic E-state index is 0.461. The third-order valence-electron chi connectivity index (χ3n) is 2.84. The van der Waals surface area contributed by atoms with Gasteiger partial charge in [0.1, 0.15) is 0 Å². The van der Waals surface area contributed by atoms with E-state index in [2.05, 4.69) is 39.9 Å². The molecule has 0 amide bonds. The fourth-order valence-electron chi connectivity index (χ4n) is 1.75. The summed E-state index contributed by atoms with van der Waals surface area (Å²) in [7, 11) is 0. The van der Waals surface area contributed by atoms with Crippen molar-refractivity contribution in [3.05, 3.63) is 52.7 Å². The summed E-state index contributed by atoms with van der Waals surface area (Å²) in [6.07, 6.45) is 2.44. The first kappa shape index (κ1) is 14.7. The lowest BCUT2D eigenvalue weighted by Gasteiger charge is -2.11. The molecule has 1 aromatic carbocycles. The van der Waals surface area contributed by atoms with Crippen LogP contribution in [0.4, 0.5) is 5.82 Å². The number of nitrogens with one attached hydrogen (secondary N) is 2. The van der Waals surface area contributed by atoms with Crippen LogP contribution in [0.15, 0.2) is 36.5 Å². The Labute approximate surface area is 128 Å². The Hall–Kier alpha value is -1.72. The quantitative estimate of drug-likeness (QED) is 0.851. The Kier molecular flexibility index (Phi) is 5.26. The number of anilines is 1. The van der Waals surface area contributed by atoms with Crippen molar-refractivity contribution in [1.82, 2.24) is 15.5 Å². The van der Waals surface area contributed by atoms with Crippen molar-refractivity contribution in [3.8, 4) is 0 Å². The molecule has 2 N–H and O–H groups in total. The second-order valence-corrected chi connectivity index (χ2v) is 5.10. The fraction of sp³-hybridized carbons (Fsp3) is 0.214. The van der Waals surface area contributed by atoms with E-state index in [1.165, 1.54) is 17.3 Å². The summed E-state index contributed by atoms with van der Waals surface area (Å²) in [6, 6.07) is 9.96. The molecular weight excluding hydrogens is 292 g/mol. The van der Waals surface area contributed by atoms with Gasteiger partial charge in [0.15, 0.2) is 10.9 Å². The maximum absolute atomic E-state index is 5.97. The minimum atomic E-state index is 0.461. The van der Waals surface area contributed by atoms with Crippen LogP contribution in [0.2, 0.25) is 5.02 Å². The molecule has 1 heterocycles. The summed E-state index contributed by atoms with van der Waals surface area (Å²) >= 11 is 11.2. The summed E-state index contributed by atoms with van der Waals surface area (Å²) in [5.74, 6) is 0.461. The van der Waals surface area contributed by atoms with E-state index in [4.69, 9.17) is 23.8 Å². The summed E-state index contributed by atoms with van der Waals surface area (Å²) < 4.78 is 0. The number of benzene rings is 1. The number of rotatable bonds is 4. The summed E-state index contributed by atoms with van der Waals surface area (Å²) in [5, 5.41) is 14.7. The molecule has 0 radical (unpaired) electrons. The number of aromatic nitrogens is 2. The number of nitrogens with zero attached hydrogens (tertiary/aromatic N) is 2. The van der Waals surface area contributed by atoms with Crippen LogP contribution < -0.4 is 10.6 Å². The van der Waals surface area contributed by atoms with Crippen LogP contribution in [0.3, 0.4) is 0 Å². The first-order chi connectivity index (χ1) is 9.66. The molecule has 104 valence electrons. The molecule has 0 fully saturated rings. The van der Waals surface area contributed by atoms with E-state index >= 15 is 0 Å². The molecule has 20 heavy (non-hydrogen) atoms. The topological polar surface area (TPSA) is 49.8 Å². The van der Waals surface area contributed by atoms with Gasteiger partial charge in [-0.25, -0.2) is 0 Å². The predicted octanol–water partition coefficient (Wildman–Crippen LogP) is 2.97. The molecule has 4 nitrogen and oxygen atoms in total. The first-order valence-electron chi connectivity index (χ1n) is 6.23. The molecule has 0 aliphatic carbocycles. The van der Waals surface area contributed by atoms with Gasteiger partial charge >= 0.3 is 0 Å². The molecule has 1 aromatic heterocycles. The highest BCUT2D eigenvalue weighted by Gasteiger charge is 2.04. The van der Waals surface area contributed by atoms with Crippen molar-refractivity contribution in [2.75, 3.05) is 11.9 Å². The van der Waals surface area contributed by atoms with E-state index in [1.54, 1.807) is 6.07 Å². The number of hydrogen-bond donors (Lipinski definition) is 2. The lowest BCUT2D eigenvalue weighted by atomic mass is 10.1. The number of aryl methyl sites for hydroxylation is 1. The van der Waals surface area contributed by atoms with Gasteiger partial charge in [-0.1, -0.05) is 35.9 Å². The van der Waals surface area contributed by atoms with E-state index in [0.29, 0.717) is 16.0 Å². The van der Waals surface area contributed by atoms with Crippen LogP contribution in [0, 0.1) is 6.92 Å². The van der Waals surface area contributed by atoms with Gasteiger partial charge in [-0.3, -0.25) is 0 Å². The van der Waals surface area contributed by atoms with Crippen molar-refractivity contribution < 1.29 is 0 Å². The largest absolute Gasteiger partial charge is 0.362 e. The summed E-state index contributed by atoms with van der Waals surface area (Å²) in [4.78, 5) is 0. The van der Waals surface area contributed by atoms with Crippen LogP contribution >= 0.6 is 23.8 Å². The number of hydrogen-bond acceptors (Lipinski definition) is 3. The molecule has 0 saturated heterocycles. The van der Waals surface area contributed by atoms with Crippen molar-refractivity contribution in [2.24, 2.45) is 0 Å². The van der Waals surface area contributed by atoms with E-state index in [-0.39, 0.29) is 0 Å². The van der Waals surface area contributed by atoms with Crippen molar-refractivity contribution in [2.45, 2.75) is 13.3 Å². The molecule has 2 aromatic rings. The molecule has 0 spiro atoms. The standard InChI is InChI=1S/C14H15ClN4S/c1-10-4-2-3-5-11(10)6-8-16-14(20)18-13-12(15)7-9-17-19-13/h2-5,7,9H,6,8H2,1H3,(H2,16,18,19,20). The Morgan fingerprint density at radius 1 is 1.30 bits per heavy atom. The third kappa shape index (κ3) is 4.15. The van der Waals surface area contributed by atoms with E-state index in [0.717, 1.165) is 13.0 Å². The van der Waals surface area contributed by atoms with Crippen LogP contribution in [-0.4, -0.2) is 21.9 Å². The number of thiocarbonyl (C=S) groups is 1. The first-order valence-corrected chi connectivity index (χ1v) is 7.02. The smallest absolute Gasteiger partial charge is 0.173 e. The third-order valence-corrected chi connectivity index (χ3v) is 3.40. The molecule has 0 atom stereocenters. The second-order valence-electron chi connectivity index (χ2n) is 4.29. The van der Waals surface area contributed by atoms with Crippen molar-refractivity contribution in [3.63, 3.8) is 0 Å². The molecule has 0 bridgehead atoms. The van der Waals surface area contributed by atoms with Crippen molar-refractivity contribution >= 4 is 34.7 Å². The highest BCUT2D eigenvalue weighted by atomic mass is 35.5.